The van der Waals surface area contributed by atoms with Gasteiger partial charge in [-0.25, -0.2) is 4.79 Å². The van der Waals surface area contributed by atoms with E-state index in [-0.39, 0.29) is 19.0 Å². The van der Waals surface area contributed by atoms with E-state index in [1.165, 1.54) is 12.2 Å². The van der Waals surface area contributed by atoms with Crippen LogP contribution >= 0.6 is 0 Å². The molecular weight excluding hydrogens is 212 g/mol. The van der Waals surface area contributed by atoms with E-state index in [1.54, 1.807) is 12.1 Å². The summed E-state index contributed by atoms with van der Waals surface area (Å²) in [4.78, 5) is 11.0. The fourth-order valence-electron chi connectivity index (χ4n) is 1.35. The minimum Gasteiger partial charge on any atom is -0.459 e. The molecule has 0 bridgehead atoms. The lowest BCUT2D eigenvalue weighted by Crippen LogP contribution is -1.93. The maximum absolute atomic E-state index is 11.0. The van der Waals surface area contributed by atoms with Gasteiger partial charge in [-0.2, -0.15) is 0 Å². The fourth-order valence-corrected chi connectivity index (χ4v) is 1.35. The lowest BCUT2D eigenvalue weighted by molar-refractivity contribution is -0.132. The molecule has 5 nitrogen and oxygen atoms in total. The standard InChI is InChI=1S/C11H10O5/c12-5-7-3-11(14)16-10(7)4-8-1-2-9(6-13)15-8/h1-4,12-13H,5-6H2/b10-4+. The number of carbonyl (C=O) groups is 1. The number of hydrogen-bond acceptors (Lipinski definition) is 5. The first-order valence-electron chi connectivity index (χ1n) is 4.68. The Balaban J connectivity index is 2.24. The Kier molecular flexibility index (Phi) is 2.89. The SMILES string of the molecule is O=C1C=C(CO)/C(=C\c2ccc(CO)o2)O1. The van der Waals surface area contributed by atoms with Crippen molar-refractivity contribution in [2.24, 2.45) is 0 Å². The maximum atomic E-state index is 11.0. The van der Waals surface area contributed by atoms with Crippen molar-refractivity contribution in [2.75, 3.05) is 6.61 Å². The summed E-state index contributed by atoms with van der Waals surface area (Å²) in [5, 5.41) is 17.8. The van der Waals surface area contributed by atoms with Crippen LogP contribution in [0.4, 0.5) is 0 Å². The summed E-state index contributed by atoms with van der Waals surface area (Å²) >= 11 is 0. The Morgan fingerprint density at radius 2 is 2.06 bits per heavy atom. The molecule has 0 aromatic carbocycles. The van der Waals surface area contributed by atoms with E-state index < -0.39 is 5.97 Å². The highest BCUT2D eigenvalue weighted by Gasteiger charge is 2.19. The molecule has 2 heterocycles. The number of esters is 1. The smallest absolute Gasteiger partial charge is 0.336 e. The van der Waals surface area contributed by atoms with E-state index in [9.17, 15) is 4.79 Å². The molecule has 0 fully saturated rings. The Bertz CT molecular complexity index is 466. The average Bonchev–Trinajstić information content (AvgIpc) is 2.85. The number of rotatable bonds is 3. The normalized spacial score (nSPS) is 17.8. The molecule has 1 aliphatic rings. The number of carbonyl (C=O) groups excluding carboxylic acids is 1. The second-order valence-electron chi connectivity index (χ2n) is 3.22. The van der Waals surface area contributed by atoms with Gasteiger partial charge in [0.2, 0.25) is 0 Å². The van der Waals surface area contributed by atoms with Crippen LogP contribution < -0.4 is 0 Å². The number of aliphatic hydroxyl groups is 2. The molecule has 1 aromatic rings. The Hall–Kier alpha value is -1.85. The maximum Gasteiger partial charge on any atom is 0.336 e. The molecule has 16 heavy (non-hydrogen) atoms. The van der Waals surface area contributed by atoms with E-state index in [0.29, 0.717) is 17.1 Å². The van der Waals surface area contributed by atoms with Gasteiger partial charge in [-0.05, 0) is 12.1 Å². The van der Waals surface area contributed by atoms with Gasteiger partial charge in [0, 0.05) is 17.7 Å². The first-order chi connectivity index (χ1) is 7.72. The monoisotopic (exact) mass is 222 g/mol. The lowest BCUT2D eigenvalue weighted by atomic mass is 10.2. The van der Waals surface area contributed by atoms with Gasteiger partial charge >= 0.3 is 5.97 Å². The van der Waals surface area contributed by atoms with E-state index in [1.807, 2.05) is 0 Å². The summed E-state index contributed by atoms with van der Waals surface area (Å²) in [7, 11) is 0. The van der Waals surface area contributed by atoms with Crippen LogP contribution in [0.3, 0.4) is 0 Å². The zero-order valence-corrected chi connectivity index (χ0v) is 8.34. The van der Waals surface area contributed by atoms with Gasteiger partial charge < -0.3 is 19.4 Å². The summed E-state index contributed by atoms with van der Waals surface area (Å²) in [5.41, 5.74) is 0.409. The fraction of sp³-hybridized carbons (Fsp3) is 0.182. The van der Waals surface area contributed by atoms with Crippen LogP contribution in [0.1, 0.15) is 11.5 Å². The molecule has 0 aliphatic carbocycles. The van der Waals surface area contributed by atoms with Crippen LogP contribution in [0.2, 0.25) is 0 Å². The molecular formula is C11H10O5. The molecule has 0 saturated carbocycles. The zero-order valence-electron chi connectivity index (χ0n) is 8.34. The summed E-state index contributed by atoms with van der Waals surface area (Å²) in [5.74, 6) is 0.634. The first-order valence-corrected chi connectivity index (χ1v) is 4.68. The van der Waals surface area contributed by atoms with Gasteiger partial charge in [-0.15, -0.1) is 0 Å². The third-order valence-corrected chi connectivity index (χ3v) is 2.10. The van der Waals surface area contributed by atoms with Crippen molar-refractivity contribution in [1.82, 2.24) is 0 Å². The van der Waals surface area contributed by atoms with Crippen molar-refractivity contribution >= 4 is 12.0 Å². The van der Waals surface area contributed by atoms with Gasteiger partial charge in [-0.3, -0.25) is 0 Å². The van der Waals surface area contributed by atoms with Crippen molar-refractivity contribution in [3.05, 3.63) is 41.1 Å². The van der Waals surface area contributed by atoms with Crippen LogP contribution in [0.25, 0.3) is 6.08 Å². The number of aliphatic hydroxyl groups excluding tert-OH is 2. The van der Waals surface area contributed by atoms with Crippen LogP contribution in [-0.4, -0.2) is 22.8 Å². The van der Waals surface area contributed by atoms with E-state index in [4.69, 9.17) is 19.4 Å². The minimum atomic E-state index is -0.510. The highest BCUT2D eigenvalue weighted by Crippen LogP contribution is 2.22. The molecule has 5 heteroatoms. The van der Waals surface area contributed by atoms with E-state index >= 15 is 0 Å². The van der Waals surface area contributed by atoms with E-state index in [0.717, 1.165) is 0 Å². The van der Waals surface area contributed by atoms with Crippen molar-refractivity contribution in [3.8, 4) is 0 Å². The van der Waals surface area contributed by atoms with Gasteiger partial charge in [0.15, 0.2) is 0 Å². The van der Waals surface area contributed by atoms with Gasteiger partial charge in [0.1, 0.15) is 23.9 Å². The molecule has 0 amide bonds. The summed E-state index contributed by atoms with van der Waals surface area (Å²) in [6.07, 6.45) is 2.72. The number of hydrogen-bond donors (Lipinski definition) is 2. The molecule has 0 radical (unpaired) electrons. The topological polar surface area (TPSA) is 79.9 Å². The van der Waals surface area contributed by atoms with E-state index in [2.05, 4.69) is 0 Å². The quantitative estimate of drug-likeness (QED) is 0.731. The van der Waals surface area contributed by atoms with Crippen LogP contribution in [0, 0.1) is 0 Å². The molecule has 0 unspecified atom stereocenters. The van der Waals surface area contributed by atoms with Gasteiger partial charge in [0.05, 0.1) is 6.61 Å². The third kappa shape index (κ3) is 2.05. The molecule has 0 saturated heterocycles. The van der Waals surface area contributed by atoms with Crippen molar-refractivity contribution in [1.29, 1.82) is 0 Å². The molecule has 1 aromatic heterocycles. The first kappa shape index (κ1) is 10.7. The minimum absolute atomic E-state index is 0.189. The van der Waals surface area contributed by atoms with Crippen LogP contribution in [0.5, 0.6) is 0 Å². The summed E-state index contributed by atoms with van der Waals surface area (Å²) in [6.45, 7) is -0.462. The largest absolute Gasteiger partial charge is 0.459 e. The molecule has 0 atom stereocenters. The highest BCUT2D eigenvalue weighted by atomic mass is 16.5. The predicted molar refractivity (Wildman–Crippen MR) is 53.9 cm³/mol. The second kappa shape index (κ2) is 4.34. The third-order valence-electron chi connectivity index (χ3n) is 2.10. The Morgan fingerprint density at radius 1 is 1.25 bits per heavy atom. The van der Waals surface area contributed by atoms with Crippen molar-refractivity contribution in [3.63, 3.8) is 0 Å². The summed E-state index contributed by atoms with van der Waals surface area (Å²) < 4.78 is 10.1. The lowest BCUT2D eigenvalue weighted by Gasteiger charge is -1.99. The second-order valence-corrected chi connectivity index (χ2v) is 3.22. The van der Waals surface area contributed by atoms with Crippen molar-refractivity contribution < 1.29 is 24.2 Å². The Morgan fingerprint density at radius 3 is 2.69 bits per heavy atom. The number of ether oxygens (including phenoxy) is 1. The molecule has 0 spiro atoms. The number of furan rings is 1. The van der Waals surface area contributed by atoms with Crippen LogP contribution in [-0.2, 0) is 16.1 Å². The molecule has 1 aliphatic heterocycles. The zero-order chi connectivity index (χ0) is 11.5. The van der Waals surface area contributed by atoms with Gasteiger partial charge in [-0.1, -0.05) is 0 Å². The predicted octanol–water partition coefficient (Wildman–Crippen LogP) is 0.588. The highest BCUT2D eigenvalue weighted by molar-refractivity contribution is 5.89. The molecule has 84 valence electrons. The van der Waals surface area contributed by atoms with Crippen molar-refractivity contribution in [2.45, 2.75) is 6.61 Å². The molecule has 2 N–H and O–H groups in total. The Labute approximate surface area is 91.3 Å². The average molecular weight is 222 g/mol. The van der Waals surface area contributed by atoms with Gasteiger partial charge in [0.25, 0.3) is 0 Å². The van der Waals surface area contributed by atoms with Crippen LogP contribution in [0.15, 0.2) is 34.0 Å². The summed E-state index contributed by atoms with van der Waals surface area (Å²) in [6, 6.07) is 3.26. The molecule has 2 rings (SSSR count). The number of cyclic esters (lactones) is 1.